The van der Waals surface area contributed by atoms with Crippen LogP contribution in [0.4, 0.5) is 11.4 Å². The summed E-state index contributed by atoms with van der Waals surface area (Å²) < 4.78 is 0. The first kappa shape index (κ1) is 53.0. The fourth-order valence-electron chi connectivity index (χ4n) is 10.1. The third-order valence-electron chi connectivity index (χ3n) is 12.5. The molecule has 2 saturated carbocycles. The molecule has 0 amide bonds. The molecule has 0 radical (unpaired) electrons. The van der Waals surface area contributed by atoms with Gasteiger partial charge in [0.1, 0.15) is 0 Å². The highest BCUT2D eigenvalue weighted by Gasteiger charge is 2.54. The summed E-state index contributed by atoms with van der Waals surface area (Å²) in [7, 11) is 2.29. The van der Waals surface area contributed by atoms with Crippen molar-refractivity contribution in [2.45, 2.75) is 154 Å². The molecule has 59 heavy (non-hydrogen) atoms. The highest BCUT2D eigenvalue weighted by molar-refractivity contribution is 5.64. The molecule has 2 fully saturated rings. The van der Waals surface area contributed by atoms with Crippen LogP contribution >= 0.6 is 0 Å². The van der Waals surface area contributed by atoms with Crippen molar-refractivity contribution in [2.75, 3.05) is 11.9 Å². The van der Waals surface area contributed by atoms with Crippen LogP contribution in [0, 0.1) is 29.1 Å². The fraction of sp³-hybridized carbons (Fsp3) is 0.509. The largest absolute Gasteiger partial charge is 0.352 e. The number of hydrogen-bond donors (Lipinski definition) is 0. The first-order valence-electron chi connectivity index (χ1n) is 22.5. The van der Waals surface area contributed by atoms with Crippen molar-refractivity contribution in [3.05, 3.63) is 157 Å². The lowest BCUT2D eigenvalue weighted by Crippen LogP contribution is -2.40. The summed E-state index contributed by atoms with van der Waals surface area (Å²) in [6.45, 7) is 15.3. The molecule has 0 N–H and O–H groups in total. The van der Waals surface area contributed by atoms with Crippen LogP contribution in [0.25, 0.3) is 0 Å². The highest BCUT2D eigenvalue weighted by atomic mass is 15.2. The summed E-state index contributed by atoms with van der Waals surface area (Å²) in [6.07, 6.45) is 32.1. The zero-order valence-electron chi connectivity index (χ0n) is 36.5. The van der Waals surface area contributed by atoms with E-state index in [0.29, 0.717) is 29.2 Å². The smallest absolute Gasteiger partial charge is 0.0413 e. The normalized spacial score (nSPS) is 21.8. The van der Waals surface area contributed by atoms with E-state index < -0.39 is 0 Å². The molecule has 4 atom stereocenters. The number of benzene rings is 3. The summed E-state index contributed by atoms with van der Waals surface area (Å²) in [5, 5.41) is 0. The predicted molar refractivity (Wildman–Crippen MR) is 267 cm³/mol. The fourth-order valence-corrected chi connectivity index (χ4v) is 10.1. The van der Waals surface area contributed by atoms with Crippen LogP contribution in [0.1, 0.15) is 148 Å². The lowest BCUT2D eigenvalue weighted by Gasteiger charge is -2.47. The van der Waals surface area contributed by atoms with Crippen LogP contribution in [0.2, 0.25) is 0 Å². The molecule has 3 aromatic carbocycles. The van der Waals surface area contributed by atoms with E-state index >= 15 is 0 Å². The van der Waals surface area contributed by atoms with E-state index in [4.69, 9.17) is 0 Å². The summed E-state index contributed by atoms with van der Waals surface area (Å²) >= 11 is 0. The molecular weight excluding hydrogens is 713 g/mol. The zero-order valence-corrected chi connectivity index (χ0v) is 36.5. The molecule has 7 rings (SSSR count). The Morgan fingerprint density at radius 1 is 0.678 bits per heavy atom. The predicted octanol–water partition coefficient (Wildman–Crippen LogP) is 17.8. The molecule has 0 aromatic heterocycles. The van der Waals surface area contributed by atoms with E-state index in [1.807, 2.05) is 69.7 Å². The van der Waals surface area contributed by atoms with Gasteiger partial charge in [0.2, 0.25) is 0 Å². The second kappa shape index (κ2) is 28.4. The van der Waals surface area contributed by atoms with E-state index in [1.54, 1.807) is 0 Å². The second-order valence-corrected chi connectivity index (χ2v) is 16.0. The summed E-state index contributed by atoms with van der Waals surface area (Å²) in [4.78, 5) is 5.17. The average molecular weight is 801 g/mol. The van der Waals surface area contributed by atoms with E-state index in [0.717, 1.165) is 12.3 Å². The van der Waals surface area contributed by atoms with E-state index in [-0.39, 0.29) is 22.3 Å². The van der Waals surface area contributed by atoms with Gasteiger partial charge in [0.25, 0.3) is 0 Å². The minimum atomic E-state index is 0. The molecule has 2 heteroatoms. The van der Waals surface area contributed by atoms with Crippen molar-refractivity contribution < 1.29 is 0 Å². The van der Waals surface area contributed by atoms with Gasteiger partial charge in [0.15, 0.2) is 0 Å². The van der Waals surface area contributed by atoms with Gasteiger partial charge in [-0.3, -0.25) is 0 Å². The Morgan fingerprint density at radius 3 is 1.75 bits per heavy atom. The summed E-state index contributed by atoms with van der Waals surface area (Å²) in [5.41, 5.74) is 7.82. The van der Waals surface area contributed by atoms with Gasteiger partial charge < -0.3 is 9.80 Å². The van der Waals surface area contributed by atoms with Gasteiger partial charge in [-0.25, -0.2) is 0 Å². The quantitative estimate of drug-likeness (QED) is 0.189. The van der Waals surface area contributed by atoms with Crippen molar-refractivity contribution >= 4 is 11.4 Å². The molecule has 0 bridgehead atoms. The number of rotatable bonds is 10. The van der Waals surface area contributed by atoms with E-state index in [9.17, 15) is 0 Å². The SMILES string of the molecule is C.C.C.C/C=C(\C1CC1C(C(C)C)N(c1ccccc1)c1ccccc1)C1(C2CC/C=C(/N(C)C3=CC=CC=CC3)CCC2)CCCCC1.CC.CC.c1ccccc1. The third-order valence-corrected chi connectivity index (χ3v) is 12.5. The second-order valence-electron chi connectivity index (χ2n) is 16.0. The first-order chi connectivity index (χ1) is 27.5. The minimum Gasteiger partial charge on any atom is -0.352 e. The average Bonchev–Trinajstić information content (AvgIpc) is 4.07. The number of allylic oxidation sites excluding steroid dienone is 9. The van der Waals surface area contributed by atoms with Gasteiger partial charge in [-0.15, -0.1) is 0 Å². The number of para-hydroxylation sites is 2. The van der Waals surface area contributed by atoms with Crippen LogP contribution < -0.4 is 4.90 Å². The van der Waals surface area contributed by atoms with Crippen LogP contribution in [0.15, 0.2) is 157 Å². The minimum absolute atomic E-state index is 0. The highest BCUT2D eigenvalue weighted by Crippen LogP contribution is 2.62. The standard InChI is InChI=1S/C44H58N2.C6H6.2C2H6.3CH4/c1-5-42(40-33-41(40)43(34(2)3)46(38-25-13-8-14-26-38)39-27-15-9-16-28-39)44(31-17-10-18-32-44)35-21-19-29-37(30-20-22-35)45(4)36-23-11-6-7-12-24-36;1-2-4-6-5-3-1;2*1-2;;;/h5-9,11-16,23,25-29,34-35,40-41,43H,10,17-22,24,30-33H2,1-4H3;1-6H;2*1-2H3;3*1H4/b37-29+,42-5+;;;;;;. The van der Waals surface area contributed by atoms with Gasteiger partial charge in [0.05, 0.1) is 0 Å². The molecule has 4 aliphatic rings. The Morgan fingerprint density at radius 2 is 1.22 bits per heavy atom. The maximum Gasteiger partial charge on any atom is 0.0413 e. The molecule has 0 saturated heterocycles. The summed E-state index contributed by atoms with van der Waals surface area (Å²) in [5.74, 6) is 2.75. The van der Waals surface area contributed by atoms with Crippen molar-refractivity contribution in [3.8, 4) is 0 Å². The van der Waals surface area contributed by atoms with Gasteiger partial charge in [-0.2, -0.15) is 0 Å². The van der Waals surface area contributed by atoms with E-state index in [2.05, 4.69) is 141 Å². The Labute approximate surface area is 366 Å². The van der Waals surface area contributed by atoms with Crippen LogP contribution in [-0.4, -0.2) is 18.0 Å². The molecule has 0 spiro atoms. The van der Waals surface area contributed by atoms with Gasteiger partial charge in [-0.05, 0) is 118 Å². The van der Waals surface area contributed by atoms with Crippen molar-refractivity contribution in [2.24, 2.45) is 29.1 Å². The Kier molecular flexibility index (Phi) is 25.5. The molecule has 4 aliphatic carbocycles. The van der Waals surface area contributed by atoms with Gasteiger partial charge in [-0.1, -0.05) is 198 Å². The van der Waals surface area contributed by atoms with Crippen LogP contribution in [-0.2, 0) is 0 Å². The molecular formula is C57H88N2. The third kappa shape index (κ3) is 14.3. The monoisotopic (exact) mass is 801 g/mol. The van der Waals surface area contributed by atoms with Gasteiger partial charge in [0, 0.05) is 42.3 Å². The number of hydrogen-bond acceptors (Lipinski definition) is 2. The van der Waals surface area contributed by atoms with E-state index in [1.165, 1.54) is 93.4 Å². The lowest BCUT2D eigenvalue weighted by molar-refractivity contribution is 0.112. The number of anilines is 2. The number of nitrogens with zero attached hydrogens (tertiary/aromatic N) is 2. The van der Waals surface area contributed by atoms with Crippen molar-refractivity contribution in [3.63, 3.8) is 0 Å². The summed E-state index contributed by atoms with van der Waals surface area (Å²) in [6, 6.07) is 34.8. The molecule has 0 heterocycles. The Hall–Kier alpha value is -4.04. The Bertz CT molecular complexity index is 1590. The first-order valence-corrected chi connectivity index (χ1v) is 22.5. The molecule has 3 aromatic rings. The topological polar surface area (TPSA) is 6.48 Å². The van der Waals surface area contributed by atoms with Crippen molar-refractivity contribution in [1.29, 1.82) is 0 Å². The molecule has 4 unspecified atom stereocenters. The maximum absolute atomic E-state index is 2.68. The molecule has 0 aliphatic heterocycles. The Balaban J connectivity index is 0.00000120. The van der Waals surface area contributed by atoms with Crippen LogP contribution in [0.5, 0.6) is 0 Å². The molecule has 326 valence electrons. The lowest BCUT2D eigenvalue weighted by atomic mass is 9.58. The van der Waals surface area contributed by atoms with Crippen molar-refractivity contribution in [1.82, 2.24) is 4.90 Å². The van der Waals surface area contributed by atoms with Gasteiger partial charge >= 0.3 is 0 Å². The maximum atomic E-state index is 2.68. The van der Waals surface area contributed by atoms with Crippen LogP contribution in [0.3, 0.4) is 0 Å². The molecule has 2 nitrogen and oxygen atoms in total. The zero-order chi connectivity index (χ0) is 40.2.